The van der Waals surface area contributed by atoms with E-state index >= 15 is 0 Å². The van der Waals surface area contributed by atoms with Crippen molar-refractivity contribution in [3.8, 4) is 5.75 Å². The molecule has 7 heteroatoms. The maximum atomic E-state index is 6.00. The first-order valence-corrected chi connectivity index (χ1v) is 7.07. The molecule has 0 bridgehead atoms. The lowest BCUT2D eigenvalue weighted by Crippen LogP contribution is -1.99. The monoisotopic (exact) mass is 310 g/mol. The van der Waals surface area contributed by atoms with Crippen LogP contribution in [0.2, 0.25) is 5.02 Å². The average Bonchev–Trinajstić information content (AvgIpc) is 2.79. The summed E-state index contributed by atoms with van der Waals surface area (Å²) < 4.78 is 7.59. The molecular weight excluding hydrogens is 296 g/mol. The van der Waals surface area contributed by atoms with Gasteiger partial charge in [0.05, 0.1) is 12.8 Å². The van der Waals surface area contributed by atoms with E-state index in [9.17, 15) is 0 Å². The van der Waals surface area contributed by atoms with Gasteiger partial charge in [0, 0.05) is 17.0 Å². The molecule has 1 N–H and O–H groups in total. The van der Waals surface area contributed by atoms with Gasteiger partial charge in [0.1, 0.15) is 5.75 Å². The fourth-order valence-electron chi connectivity index (χ4n) is 1.70. The van der Waals surface area contributed by atoms with Crippen molar-refractivity contribution in [1.29, 1.82) is 0 Å². The Bertz CT molecular complexity index is 677. The van der Waals surface area contributed by atoms with Crippen LogP contribution in [0.5, 0.6) is 5.75 Å². The van der Waals surface area contributed by atoms with Crippen LogP contribution in [-0.2, 0) is 6.42 Å². The number of ether oxygens (including phenoxy) is 1. The van der Waals surface area contributed by atoms with Gasteiger partial charge in [-0.1, -0.05) is 18.5 Å². The molecule has 0 radical (unpaired) electrons. The largest absolute Gasteiger partial charge is 0.493 e. The molecule has 0 aliphatic rings. The van der Waals surface area contributed by atoms with Crippen LogP contribution in [0.15, 0.2) is 23.3 Å². The van der Waals surface area contributed by atoms with Crippen molar-refractivity contribution in [1.82, 2.24) is 14.9 Å². The predicted molar refractivity (Wildman–Crippen MR) is 82.4 cm³/mol. The number of rotatable bonds is 5. The minimum Gasteiger partial charge on any atom is -0.493 e. The van der Waals surface area contributed by atoms with Crippen LogP contribution in [0.4, 0.5) is 0 Å². The minimum absolute atomic E-state index is 0.457. The molecule has 0 saturated carbocycles. The second-order valence-corrected chi connectivity index (χ2v) is 4.79. The van der Waals surface area contributed by atoms with Crippen LogP contribution in [0, 0.1) is 4.77 Å². The molecule has 0 unspecified atom stereocenters. The molecule has 2 aromatic rings. The summed E-state index contributed by atoms with van der Waals surface area (Å²) in [5.74, 6) is 1.50. The molecule has 1 heterocycles. The molecule has 0 aliphatic carbocycles. The summed E-state index contributed by atoms with van der Waals surface area (Å²) in [5.41, 5.74) is 0.796. The Morgan fingerprint density at radius 1 is 1.50 bits per heavy atom. The number of aromatic amines is 1. The van der Waals surface area contributed by atoms with E-state index < -0.39 is 0 Å². The molecule has 0 aliphatic heterocycles. The SMILES string of the molecule is CCOc1ccc(Cl)cc1/C=N\n1c(CC)n[nH]c1=S. The summed E-state index contributed by atoms with van der Waals surface area (Å²) in [4.78, 5) is 0. The zero-order valence-corrected chi connectivity index (χ0v) is 12.8. The normalized spacial score (nSPS) is 11.2. The highest BCUT2D eigenvalue weighted by Crippen LogP contribution is 2.21. The van der Waals surface area contributed by atoms with Gasteiger partial charge in [-0.2, -0.15) is 14.9 Å². The maximum Gasteiger partial charge on any atom is 0.216 e. The first-order chi connectivity index (χ1) is 9.65. The maximum absolute atomic E-state index is 6.00. The van der Waals surface area contributed by atoms with E-state index in [0.29, 0.717) is 16.4 Å². The van der Waals surface area contributed by atoms with Gasteiger partial charge in [-0.25, -0.2) is 0 Å². The first kappa shape index (κ1) is 14.7. The van der Waals surface area contributed by atoms with Gasteiger partial charge < -0.3 is 4.74 Å². The average molecular weight is 311 g/mol. The molecule has 0 saturated heterocycles. The topological polar surface area (TPSA) is 55.2 Å². The number of nitrogens with zero attached hydrogens (tertiary/aromatic N) is 3. The zero-order chi connectivity index (χ0) is 14.5. The quantitative estimate of drug-likeness (QED) is 0.680. The highest BCUT2D eigenvalue weighted by molar-refractivity contribution is 7.71. The molecule has 5 nitrogen and oxygen atoms in total. The second-order valence-electron chi connectivity index (χ2n) is 3.97. The number of aryl methyl sites for hydroxylation is 1. The number of hydrogen-bond acceptors (Lipinski definition) is 4. The van der Waals surface area contributed by atoms with E-state index in [-0.39, 0.29) is 0 Å². The lowest BCUT2D eigenvalue weighted by Gasteiger charge is -2.07. The minimum atomic E-state index is 0.457. The lowest BCUT2D eigenvalue weighted by atomic mass is 10.2. The van der Waals surface area contributed by atoms with Gasteiger partial charge in [-0.15, -0.1) is 0 Å². The second kappa shape index (κ2) is 6.67. The number of benzene rings is 1. The molecular formula is C13H15ClN4OS. The number of aromatic nitrogens is 3. The summed E-state index contributed by atoms with van der Waals surface area (Å²) >= 11 is 11.1. The predicted octanol–water partition coefficient (Wildman–Crippen LogP) is 3.44. The van der Waals surface area contributed by atoms with Crippen LogP contribution in [0.3, 0.4) is 0 Å². The van der Waals surface area contributed by atoms with Crippen molar-refractivity contribution in [3.05, 3.63) is 39.4 Å². The zero-order valence-electron chi connectivity index (χ0n) is 11.3. The van der Waals surface area contributed by atoms with Gasteiger partial charge in [0.25, 0.3) is 0 Å². The van der Waals surface area contributed by atoms with Gasteiger partial charge in [-0.3, -0.25) is 5.10 Å². The van der Waals surface area contributed by atoms with Crippen LogP contribution in [-0.4, -0.2) is 27.7 Å². The van der Waals surface area contributed by atoms with E-state index in [1.165, 1.54) is 0 Å². The number of halogens is 1. The first-order valence-electron chi connectivity index (χ1n) is 6.28. The molecule has 2 rings (SSSR count). The van der Waals surface area contributed by atoms with E-state index in [1.807, 2.05) is 19.9 Å². The highest BCUT2D eigenvalue weighted by atomic mass is 35.5. The van der Waals surface area contributed by atoms with Crippen LogP contribution in [0.1, 0.15) is 25.2 Å². The molecule has 1 aromatic heterocycles. The Hall–Kier alpha value is -1.66. The molecule has 1 aromatic carbocycles. The van der Waals surface area contributed by atoms with Gasteiger partial charge in [0.2, 0.25) is 4.77 Å². The number of H-pyrrole nitrogens is 1. The van der Waals surface area contributed by atoms with Crippen molar-refractivity contribution < 1.29 is 4.74 Å². The van der Waals surface area contributed by atoms with Gasteiger partial charge in [-0.05, 0) is 37.3 Å². The molecule has 0 atom stereocenters. The Morgan fingerprint density at radius 3 is 3.00 bits per heavy atom. The van der Waals surface area contributed by atoms with Crippen molar-refractivity contribution in [3.63, 3.8) is 0 Å². The highest BCUT2D eigenvalue weighted by Gasteiger charge is 2.04. The van der Waals surface area contributed by atoms with Gasteiger partial charge >= 0.3 is 0 Å². The third kappa shape index (κ3) is 3.26. The third-order valence-electron chi connectivity index (χ3n) is 2.62. The molecule has 0 fully saturated rings. The smallest absolute Gasteiger partial charge is 0.216 e. The van der Waals surface area contributed by atoms with E-state index in [1.54, 1.807) is 23.0 Å². The molecule has 0 amide bonds. The summed E-state index contributed by atoms with van der Waals surface area (Å²) in [6.07, 6.45) is 2.40. The molecule has 0 spiro atoms. The summed E-state index contributed by atoms with van der Waals surface area (Å²) in [7, 11) is 0. The summed E-state index contributed by atoms with van der Waals surface area (Å²) in [5, 5.41) is 11.8. The van der Waals surface area contributed by atoms with Crippen molar-refractivity contribution in [2.24, 2.45) is 5.10 Å². The summed E-state index contributed by atoms with van der Waals surface area (Å²) in [6, 6.07) is 5.40. The Balaban J connectivity index is 2.37. The van der Waals surface area contributed by atoms with Crippen molar-refractivity contribution >= 4 is 30.0 Å². The molecule has 20 heavy (non-hydrogen) atoms. The standard InChI is InChI=1S/C13H15ClN4OS/c1-3-12-16-17-13(20)18(12)15-8-9-7-10(14)5-6-11(9)19-4-2/h5-8H,3-4H2,1-2H3,(H,17,20)/b15-8-. The van der Waals surface area contributed by atoms with E-state index in [0.717, 1.165) is 23.6 Å². The number of nitrogens with one attached hydrogen (secondary N) is 1. The Kier molecular flexibility index (Phi) is 4.92. The lowest BCUT2D eigenvalue weighted by molar-refractivity contribution is 0.340. The van der Waals surface area contributed by atoms with Crippen LogP contribution < -0.4 is 4.74 Å². The summed E-state index contributed by atoms with van der Waals surface area (Å²) in [6.45, 7) is 4.49. The van der Waals surface area contributed by atoms with Crippen molar-refractivity contribution in [2.75, 3.05) is 6.61 Å². The van der Waals surface area contributed by atoms with E-state index in [2.05, 4.69) is 15.3 Å². The van der Waals surface area contributed by atoms with Crippen molar-refractivity contribution in [2.45, 2.75) is 20.3 Å². The number of hydrogen-bond donors (Lipinski definition) is 1. The fourth-order valence-corrected chi connectivity index (χ4v) is 2.08. The Morgan fingerprint density at radius 2 is 2.30 bits per heavy atom. The van der Waals surface area contributed by atoms with Gasteiger partial charge in [0.15, 0.2) is 5.82 Å². The third-order valence-corrected chi connectivity index (χ3v) is 3.12. The Labute approximate surface area is 127 Å². The van der Waals surface area contributed by atoms with Crippen LogP contribution >= 0.6 is 23.8 Å². The fraction of sp³-hybridized carbons (Fsp3) is 0.308. The van der Waals surface area contributed by atoms with E-state index in [4.69, 9.17) is 28.6 Å². The van der Waals surface area contributed by atoms with Crippen LogP contribution in [0.25, 0.3) is 0 Å². The molecule has 106 valence electrons.